The van der Waals surface area contributed by atoms with Gasteiger partial charge in [0.15, 0.2) is 12.4 Å². The maximum Gasteiger partial charge on any atom is 0.257 e. The first-order valence-corrected chi connectivity index (χ1v) is 6.40. The Morgan fingerprint density at radius 1 is 1.32 bits per heavy atom. The zero-order chi connectivity index (χ0) is 14.3. The summed E-state index contributed by atoms with van der Waals surface area (Å²) >= 11 is 0. The van der Waals surface area contributed by atoms with E-state index in [1.54, 1.807) is 25.1 Å². The number of rotatable bonds is 7. The fraction of sp³-hybridized carbons (Fsp3) is 0.429. The van der Waals surface area contributed by atoms with Gasteiger partial charge in [0.05, 0.1) is 5.69 Å². The van der Waals surface area contributed by atoms with Crippen LogP contribution in [0.1, 0.15) is 37.0 Å². The molecule has 5 nitrogen and oxygen atoms in total. The van der Waals surface area contributed by atoms with Crippen molar-refractivity contribution in [3.8, 4) is 5.75 Å². The first kappa shape index (κ1) is 15.0. The molecule has 0 saturated heterocycles. The molecule has 3 N–H and O–H groups in total. The van der Waals surface area contributed by atoms with E-state index in [0.717, 1.165) is 6.42 Å². The lowest BCUT2D eigenvalue weighted by Crippen LogP contribution is -2.29. The molecule has 19 heavy (non-hydrogen) atoms. The number of ketones is 1. The lowest BCUT2D eigenvalue weighted by Gasteiger charge is -2.10. The van der Waals surface area contributed by atoms with Gasteiger partial charge in [-0.2, -0.15) is 0 Å². The Hall–Kier alpha value is -2.04. The van der Waals surface area contributed by atoms with Crippen LogP contribution in [0.15, 0.2) is 18.2 Å². The lowest BCUT2D eigenvalue weighted by atomic mass is 10.1. The molecule has 0 fully saturated rings. The maximum absolute atomic E-state index is 11.5. The van der Waals surface area contributed by atoms with Crippen LogP contribution in [0.25, 0.3) is 0 Å². The number of carbonyl (C=O) groups excluding carboxylic acids is 2. The molecule has 1 aromatic carbocycles. The second kappa shape index (κ2) is 7.41. The largest absolute Gasteiger partial charge is 0.482 e. The van der Waals surface area contributed by atoms with E-state index < -0.39 is 0 Å². The molecule has 0 aliphatic rings. The van der Waals surface area contributed by atoms with Gasteiger partial charge >= 0.3 is 0 Å². The summed E-state index contributed by atoms with van der Waals surface area (Å²) in [7, 11) is 0. The number of nitrogens with two attached hydrogens (primary N) is 1. The van der Waals surface area contributed by atoms with Crippen LogP contribution in [0.5, 0.6) is 5.75 Å². The number of nitrogens with one attached hydrogen (secondary N) is 1. The van der Waals surface area contributed by atoms with Gasteiger partial charge in [0.25, 0.3) is 5.91 Å². The summed E-state index contributed by atoms with van der Waals surface area (Å²) in [5.74, 6) is 0.258. The minimum atomic E-state index is -0.185. The fourth-order valence-electron chi connectivity index (χ4n) is 1.52. The number of hydrogen-bond acceptors (Lipinski definition) is 4. The highest BCUT2D eigenvalue weighted by atomic mass is 16.5. The number of amides is 1. The van der Waals surface area contributed by atoms with Gasteiger partial charge in [0.1, 0.15) is 5.75 Å². The van der Waals surface area contributed by atoms with Gasteiger partial charge in [0, 0.05) is 18.5 Å². The Balaban J connectivity index is 2.60. The Labute approximate surface area is 113 Å². The van der Waals surface area contributed by atoms with E-state index in [0.29, 0.717) is 30.0 Å². The van der Waals surface area contributed by atoms with Gasteiger partial charge in [-0.15, -0.1) is 0 Å². The Bertz CT molecular complexity index is 458. The first-order chi connectivity index (χ1) is 9.08. The molecule has 0 aromatic heterocycles. The highest BCUT2D eigenvalue weighted by Gasteiger charge is 2.08. The van der Waals surface area contributed by atoms with E-state index in [1.807, 2.05) is 6.92 Å². The number of anilines is 1. The van der Waals surface area contributed by atoms with E-state index in [9.17, 15) is 9.59 Å². The van der Waals surface area contributed by atoms with Crippen molar-refractivity contribution in [2.45, 2.75) is 26.7 Å². The van der Waals surface area contributed by atoms with Crippen LogP contribution < -0.4 is 15.8 Å². The smallest absolute Gasteiger partial charge is 0.257 e. The molecule has 0 saturated carbocycles. The van der Waals surface area contributed by atoms with Gasteiger partial charge in [-0.1, -0.05) is 13.8 Å². The van der Waals surface area contributed by atoms with Crippen LogP contribution in [0.4, 0.5) is 5.69 Å². The van der Waals surface area contributed by atoms with Crippen LogP contribution >= 0.6 is 0 Å². The normalized spacial score (nSPS) is 10.0. The molecule has 0 aliphatic carbocycles. The molecule has 0 radical (unpaired) electrons. The van der Waals surface area contributed by atoms with Crippen molar-refractivity contribution in [2.75, 3.05) is 18.9 Å². The van der Waals surface area contributed by atoms with Gasteiger partial charge in [-0.3, -0.25) is 9.59 Å². The number of nitrogen functional groups attached to an aromatic ring is 1. The van der Waals surface area contributed by atoms with Gasteiger partial charge in [0.2, 0.25) is 0 Å². The summed E-state index contributed by atoms with van der Waals surface area (Å²) in [5.41, 5.74) is 6.71. The zero-order valence-electron chi connectivity index (χ0n) is 11.4. The van der Waals surface area contributed by atoms with Crippen molar-refractivity contribution in [1.29, 1.82) is 0 Å². The van der Waals surface area contributed by atoms with Crippen LogP contribution in [0, 0.1) is 0 Å². The number of hydrogen-bond donors (Lipinski definition) is 2. The molecule has 0 spiro atoms. The van der Waals surface area contributed by atoms with Crippen molar-refractivity contribution in [3.63, 3.8) is 0 Å². The molecule has 0 bridgehead atoms. The molecule has 1 rings (SSSR count). The highest BCUT2D eigenvalue weighted by molar-refractivity contribution is 5.97. The summed E-state index contributed by atoms with van der Waals surface area (Å²) in [6.07, 6.45) is 1.31. The fourth-order valence-corrected chi connectivity index (χ4v) is 1.52. The van der Waals surface area contributed by atoms with Crippen molar-refractivity contribution < 1.29 is 14.3 Å². The maximum atomic E-state index is 11.5. The molecular formula is C14H20N2O3. The predicted molar refractivity (Wildman–Crippen MR) is 74.3 cm³/mol. The topological polar surface area (TPSA) is 81.4 Å². The van der Waals surface area contributed by atoms with E-state index in [2.05, 4.69) is 5.32 Å². The molecular weight excluding hydrogens is 244 g/mol. The van der Waals surface area contributed by atoms with E-state index in [1.165, 1.54) is 0 Å². The first-order valence-electron chi connectivity index (χ1n) is 6.40. The third-order valence-electron chi connectivity index (χ3n) is 2.58. The molecule has 1 aromatic rings. The summed E-state index contributed by atoms with van der Waals surface area (Å²) < 4.78 is 5.32. The van der Waals surface area contributed by atoms with Crippen LogP contribution in [-0.2, 0) is 4.79 Å². The summed E-state index contributed by atoms with van der Waals surface area (Å²) in [4.78, 5) is 22.9. The molecule has 1 amide bonds. The van der Waals surface area contributed by atoms with E-state index in [-0.39, 0.29) is 18.3 Å². The van der Waals surface area contributed by atoms with Crippen molar-refractivity contribution in [2.24, 2.45) is 0 Å². The third-order valence-corrected chi connectivity index (χ3v) is 2.58. The summed E-state index contributed by atoms with van der Waals surface area (Å²) in [6, 6.07) is 4.85. The SMILES string of the molecule is CCCNC(=O)COc1ccc(C(=O)CC)cc1N. The van der Waals surface area contributed by atoms with Crippen molar-refractivity contribution >= 4 is 17.4 Å². The molecule has 104 valence electrons. The Kier molecular flexibility index (Phi) is 5.85. The Morgan fingerprint density at radius 2 is 2.05 bits per heavy atom. The highest BCUT2D eigenvalue weighted by Crippen LogP contribution is 2.23. The zero-order valence-corrected chi connectivity index (χ0v) is 11.4. The quantitative estimate of drug-likeness (QED) is 0.581. The minimum Gasteiger partial charge on any atom is -0.482 e. The monoisotopic (exact) mass is 264 g/mol. The molecule has 5 heteroatoms. The standard InChI is InChI=1S/C14H20N2O3/c1-3-7-16-14(18)9-19-13-6-5-10(8-11(13)15)12(17)4-2/h5-6,8H,3-4,7,9,15H2,1-2H3,(H,16,18). The van der Waals surface area contributed by atoms with Crippen LogP contribution in [-0.4, -0.2) is 24.8 Å². The molecule has 0 atom stereocenters. The second-order valence-corrected chi connectivity index (χ2v) is 4.17. The summed E-state index contributed by atoms with van der Waals surface area (Å²) in [5, 5.41) is 2.70. The molecule has 0 unspecified atom stereocenters. The number of benzene rings is 1. The number of Topliss-reactive ketones (excluding diaryl/α,β-unsaturated/α-hetero) is 1. The summed E-state index contributed by atoms with van der Waals surface area (Å²) in [6.45, 7) is 4.32. The van der Waals surface area contributed by atoms with Gasteiger partial charge in [-0.05, 0) is 24.6 Å². The van der Waals surface area contributed by atoms with Crippen molar-refractivity contribution in [1.82, 2.24) is 5.32 Å². The van der Waals surface area contributed by atoms with Gasteiger partial charge < -0.3 is 15.8 Å². The van der Waals surface area contributed by atoms with Crippen molar-refractivity contribution in [3.05, 3.63) is 23.8 Å². The van der Waals surface area contributed by atoms with E-state index in [4.69, 9.17) is 10.5 Å². The molecule has 0 aliphatic heterocycles. The van der Waals surface area contributed by atoms with Gasteiger partial charge in [-0.25, -0.2) is 0 Å². The van der Waals surface area contributed by atoms with Crippen LogP contribution in [0.3, 0.4) is 0 Å². The predicted octanol–water partition coefficient (Wildman–Crippen LogP) is 1.77. The minimum absolute atomic E-state index is 0.0268. The average molecular weight is 264 g/mol. The lowest BCUT2D eigenvalue weighted by molar-refractivity contribution is -0.123. The average Bonchev–Trinajstić information content (AvgIpc) is 2.42. The third kappa shape index (κ3) is 4.62. The number of ether oxygens (including phenoxy) is 1. The Morgan fingerprint density at radius 3 is 2.63 bits per heavy atom. The second-order valence-electron chi connectivity index (χ2n) is 4.17. The van der Waals surface area contributed by atoms with Crippen LogP contribution in [0.2, 0.25) is 0 Å². The van der Waals surface area contributed by atoms with E-state index >= 15 is 0 Å². The number of carbonyl (C=O) groups is 2. The molecule has 0 heterocycles.